The number of benzene rings is 1. The van der Waals surface area contributed by atoms with Gasteiger partial charge >= 0.3 is 11.9 Å². The maximum absolute atomic E-state index is 11.8. The van der Waals surface area contributed by atoms with Gasteiger partial charge in [0.05, 0.1) is 12.3 Å². The molecule has 7 heteroatoms. The fourth-order valence-electron chi connectivity index (χ4n) is 2.09. The molecule has 1 aromatic rings. The number of rotatable bonds is 4. The summed E-state index contributed by atoms with van der Waals surface area (Å²) < 4.78 is 5.78. The minimum absolute atomic E-state index is 0.00275. The van der Waals surface area contributed by atoms with Crippen molar-refractivity contribution >= 4 is 39.3 Å². The summed E-state index contributed by atoms with van der Waals surface area (Å²) in [5.41, 5.74) is -0.595. The Bertz CT molecular complexity index is 599. The molecule has 0 bridgehead atoms. The minimum Gasteiger partial charge on any atom is -0.479 e. The van der Waals surface area contributed by atoms with E-state index in [9.17, 15) is 14.7 Å². The molecule has 0 saturated heterocycles. The van der Waals surface area contributed by atoms with Crippen LogP contribution < -0.4 is 5.01 Å². The monoisotopic (exact) mass is 354 g/mol. The van der Waals surface area contributed by atoms with Crippen LogP contribution in [-0.4, -0.2) is 34.9 Å². The molecule has 0 aromatic heterocycles. The predicted molar refractivity (Wildman–Crippen MR) is 81.3 cm³/mol. The minimum atomic E-state index is -1.31. The number of nitrogens with zero attached hydrogens (tertiary/aromatic N) is 2. The maximum Gasteiger partial charge on any atom is 0.354 e. The van der Waals surface area contributed by atoms with Crippen LogP contribution in [0.1, 0.15) is 20.3 Å². The molecule has 6 nitrogen and oxygen atoms in total. The lowest BCUT2D eigenvalue weighted by Gasteiger charge is -2.29. The van der Waals surface area contributed by atoms with Crippen molar-refractivity contribution < 1.29 is 19.4 Å². The highest BCUT2D eigenvalue weighted by molar-refractivity contribution is 9.10. The predicted octanol–water partition coefficient (Wildman–Crippen LogP) is 2.42. The van der Waals surface area contributed by atoms with Gasteiger partial charge in [0.1, 0.15) is 5.71 Å². The molecule has 112 valence electrons. The Morgan fingerprint density at radius 2 is 2.05 bits per heavy atom. The molecular weight excluding hydrogens is 340 g/mol. The third kappa shape index (κ3) is 2.92. The van der Waals surface area contributed by atoms with E-state index in [1.165, 1.54) is 11.9 Å². The summed E-state index contributed by atoms with van der Waals surface area (Å²) >= 11 is 3.32. The summed E-state index contributed by atoms with van der Waals surface area (Å²) in [6.07, 6.45) is -0.00275. The molecule has 0 amide bonds. The van der Waals surface area contributed by atoms with E-state index in [0.717, 1.165) is 4.47 Å². The van der Waals surface area contributed by atoms with Gasteiger partial charge in [-0.2, -0.15) is 5.10 Å². The van der Waals surface area contributed by atoms with Gasteiger partial charge in [0.15, 0.2) is 5.54 Å². The van der Waals surface area contributed by atoms with Gasteiger partial charge in [-0.25, -0.2) is 14.6 Å². The van der Waals surface area contributed by atoms with Crippen molar-refractivity contribution in [3.8, 4) is 0 Å². The van der Waals surface area contributed by atoms with E-state index in [1.54, 1.807) is 31.2 Å². The Balaban J connectivity index is 2.40. The van der Waals surface area contributed by atoms with Crippen LogP contribution in [0, 0.1) is 0 Å². The number of hydrazone groups is 1. The fourth-order valence-corrected chi connectivity index (χ4v) is 2.35. The van der Waals surface area contributed by atoms with Crippen LogP contribution in [-0.2, 0) is 14.3 Å². The number of esters is 1. The van der Waals surface area contributed by atoms with Crippen LogP contribution in [0.5, 0.6) is 0 Å². The smallest absolute Gasteiger partial charge is 0.354 e. The Hall–Kier alpha value is -1.89. The third-order valence-corrected chi connectivity index (χ3v) is 3.77. The number of carboxylic acid groups (broad SMARTS) is 1. The van der Waals surface area contributed by atoms with Crippen LogP contribution in [0.3, 0.4) is 0 Å². The molecule has 0 aliphatic carbocycles. The van der Waals surface area contributed by atoms with Crippen molar-refractivity contribution in [3.63, 3.8) is 0 Å². The molecule has 1 N–H and O–H groups in total. The van der Waals surface area contributed by atoms with Gasteiger partial charge in [0, 0.05) is 10.9 Å². The van der Waals surface area contributed by atoms with Crippen molar-refractivity contribution in [3.05, 3.63) is 28.7 Å². The number of carbonyl (C=O) groups excluding carboxylic acids is 1. The number of hydrogen-bond acceptors (Lipinski definition) is 5. The molecule has 21 heavy (non-hydrogen) atoms. The topological polar surface area (TPSA) is 79.2 Å². The molecule has 0 spiro atoms. The van der Waals surface area contributed by atoms with Gasteiger partial charge in [0.25, 0.3) is 0 Å². The number of carbonyl (C=O) groups is 2. The number of anilines is 1. The van der Waals surface area contributed by atoms with Crippen LogP contribution in [0.15, 0.2) is 33.8 Å². The van der Waals surface area contributed by atoms with E-state index in [1.807, 2.05) is 0 Å². The maximum atomic E-state index is 11.8. The van der Waals surface area contributed by atoms with E-state index in [4.69, 9.17) is 4.74 Å². The third-order valence-electron chi connectivity index (χ3n) is 3.24. The molecule has 0 fully saturated rings. The Morgan fingerprint density at radius 3 is 2.57 bits per heavy atom. The molecule has 0 unspecified atom stereocenters. The molecule has 0 radical (unpaired) electrons. The second-order valence-electron chi connectivity index (χ2n) is 4.81. The first kappa shape index (κ1) is 15.5. The largest absolute Gasteiger partial charge is 0.479 e. The van der Waals surface area contributed by atoms with Crippen molar-refractivity contribution in [2.24, 2.45) is 5.10 Å². The van der Waals surface area contributed by atoms with E-state index in [0.29, 0.717) is 5.69 Å². The lowest BCUT2D eigenvalue weighted by atomic mass is 9.95. The van der Waals surface area contributed by atoms with Crippen molar-refractivity contribution in [2.45, 2.75) is 25.8 Å². The zero-order chi connectivity index (χ0) is 15.6. The highest BCUT2D eigenvalue weighted by Crippen LogP contribution is 2.34. The first-order valence-corrected chi connectivity index (χ1v) is 7.21. The number of carboxylic acids is 1. The first-order chi connectivity index (χ1) is 9.88. The Kier molecular flexibility index (Phi) is 4.32. The lowest BCUT2D eigenvalue weighted by Crippen LogP contribution is -2.47. The number of ether oxygens (including phenoxy) is 1. The molecule has 0 saturated carbocycles. The number of aliphatic carboxylic acids is 1. The second-order valence-corrected chi connectivity index (χ2v) is 5.73. The fraction of sp³-hybridized carbons (Fsp3) is 0.357. The van der Waals surface area contributed by atoms with Crippen LogP contribution >= 0.6 is 15.9 Å². The average molecular weight is 355 g/mol. The van der Waals surface area contributed by atoms with Crippen molar-refractivity contribution in [2.75, 3.05) is 11.6 Å². The SMILES string of the molecule is CCOC(=O)C1=NN(c2ccc(Br)cc2)[C@@](C)(C(=O)O)C1. The second kappa shape index (κ2) is 5.85. The molecule has 1 aliphatic heterocycles. The van der Waals surface area contributed by atoms with Gasteiger partial charge in [-0.3, -0.25) is 0 Å². The molecule has 1 heterocycles. The van der Waals surface area contributed by atoms with Crippen LogP contribution in [0.2, 0.25) is 0 Å². The van der Waals surface area contributed by atoms with Crippen molar-refractivity contribution in [1.29, 1.82) is 0 Å². The summed E-state index contributed by atoms with van der Waals surface area (Å²) in [5.74, 6) is -1.63. The average Bonchev–Trinajstić information content (AvgIpc) is 2.80. The summed E-state index contributed by atoms with van der Waals surface area (Å²) in [7, 11) is 0. The highest BCUT2D eigenvalue weighted by atomic mass is 79.9. The summed E-state index contributed by atoms with van der Waals surface area (Å²) in [6, 6.07) is 7.05. The number of hydrogen-bond donors (Lipinski definition) is 1. The van der Waals surface area contributed by atoms with Gasteiger partial charge in [-0.05, 0) is 38.1 Å². The standard InChI is InChI=1S/C14H15BrN2O4/c1-3-21-12(18)11-8-14(2,13(19)20)17(16-11)10-6-4-9(15)5-7-10/h4-7H,3,8H2,1-2H3,(H,19,20)/t14-/m1/s1. The molecule has 1 atom stereocenters. The molecule has 1 aliphatic rings. The van der Waals surface area contributed by atoms with E-state index < -0.39 is 17.5 Å². The normalized spacial score (nSPS) is 21.1. The quantitative estimate of drug-likeness (QED) is 0.840. The van der Waals surface area contributed by atoms with Crippen LogP contribution in [0.4, 0.5) is 5.69 Å². The van der Waals surface area contributed by atoms with Gasteiger partial charge in [-0.1, -0.05) is 15.9 Å². The summed E-state index contributed by atoms with van der Waals surface area (Å²) in [5, 5.41) is 15.0. The van der Waals surface area contributed by atoms with Gasteiger partial charge in [0.2, 0.25) is 0 Å². The number of halogens is 1. The zero-order valence-electron chi connectivity index (χ0n) is 11.7. The molecular formula is C14H15BrN2O4. The zero-order valence-corrected chi connectivity index (χ0v) is 13.3. The van der Waals surface area contributed by atoms with Crippen LogP contribution in [0.25, 0.3) is 0 Å². The van der Waals surface area contributed by atoms with Gasteiger partial charge in [-0.15, -0.1) is 0 Å². The van der Waals surface area contributed by atoms with Crippen molar-refractivity contribution in [1.82, 2.24) is 0 Å². The first-order valence-electron chi connectivity index (χ1n) is 6.42. The highest BCUT2D eigenvalue weighted by Gasteiger charge is 2.48. The Labute approximate surface area is 130 Å². The van der Waals surface area contributed by atoms with E-state index in [2.05, 4.69) is 21.0 Å². The van der Waals surface area contributed by atoms with E-state index >= 15 is 0 Å². The lowest BCUT2D eigenvalue weighted by molar-refractivity contribution is -0.142. The van der Waals surface area contributed by atoms with Gasteiger partial charge < -0.3 is 9.84 Å². The summed E-state index contributed by atoms with van der Waals surface area (Å²) in [6.45, 7) is 3.45. The molecule has 2 rings (SSSR count). The summed E-state index contributed by atoms with van der Waals surface area (Å²) in [4.78, 5) is 23.4. The molecule has 1 aromatic carbocycles. The van der Waals surface area contributed by atoms with E-state index in [-0.39, 0.29) is 18.7 Å². The Morgan fingerprint density at radius 1 is 1.43 bits per heavy atom.